The number of rotatable bonds is 2. The molecule has 2 aliphatic rings. The van der Waals surface area contributed by atoms with Crippen LogP contribution in [0, 0.1) is 10.8 Å². The average molecular weight is 350 g/mol. The highest BCUT2D eigenvalue weighted by Crippen LogP contribution is 2.52. The van der Waals surface area contributed by atoms with E-state index in [0.717, 1.165) is 23.9 Å². The number of halogens is 1. The summed E-state index contributed by atoms with van der Waals surface area (Å²) in [6.45, 7) is 7.95. The smallest absolute Gasteiger partial charge is 0.254 e. The molecule has 1 saturated carbocycles. The number of likely N-dealkylation sites (tertiary alicyclic amines) is 1. The van der Waals surface area contributed by atoms with Gasteiger partial charge in [0, 0.05) is 23.5 Å². The Balaban J connectivity index is 1.82. The van der Waals surface area contributed by atoms with E-state index in [4.69, 9.17) is 0 Å². The first-order valence-corrected chi connectivity index (χ1v) is 8.90. The van der Waals surface area contributed by atoms with E-state index in [1.165, 1.54) is 18.4 Å². The molecule has 1 aliphatic heterocycles. The van der Waals surface area contributed by atoms with E-state index in [0.29, 0.717) is 16.9 Å². The molecular formula is C18H24BrNO. The lowest BCUT2D eigenvalue weighted by Gasteiger charge is -2.39. The molecule has 2 fully saturated rings. The lowest BCUT2D eigenvalue weighted by atomic mass is 9.65. The van der Waals surface area contributed by atoms with Gasteiger partial charge in [-0.25, -0.2) is 0 Å². The van der Waals surface area contributed by atoms with Gasteiger partial charge >= 0.3 is 0 Å². The molecular weight excluding hydrogens is 326 g/mol. The number of carbonyl (C=O) groups is 1. The number of hydrogen-bond donors (Lipinski definition) is 0. The van der Waals surface area contributed by atoms with Crippen LogP contribution in [-0.2, 0) is 5.33 Å². The van der Waals surface area contributed by atoms with Crippen molar-refractivity contribution in [2.24, 2.45) is 10.8 Å². The molecule has 0 radical (unpaired) electrons. The van der Waals surface area contributed by atoms with Crippen LogP contribution in [0.2, 0.25) is 0 Å². The minimum absolute atomic E-state index is 0.211. The Hall–Kier alpha value is -0.830. The van der Waals surface area contributed by atoms with Gasteiger partial charge in [-0.15, -0.1) is 0 Å². The highest BCUT2D eigenvalue weighted by molar-refractivity contribution is 9.08. The van der Waals surface area contributed by atoms with E-state index in [2.05, 4.69) is 41.6 Å². The molecule has 2 atom stereocenters. The number of fused-ring (bicyclic) bond motifs is 2. The minimum Gasteiger partial charge on any atom is -0.335 e. The molecule has 0 aromatic heterocycles. The molecule has 2 bridgehead atoms. The molecule has 1 aliphatic carbocycles. The van der Waals surface area contributed by atoms with Crippen molar-refractivity contribution >= 4 is 21.8 Å². The topological polar surface area (TPSA) is 20.3 Å². The Kier molecular flexibility index (Phi) is 3.67. The van der Waals surface area contributed by atoms with Gasteiger partial charge in [0.05, 0.1) is 0 Å². The average Bonchev–Trinajstić information content (AvgIpc) is 2.67. The van der Waals surface area contributed by atoms with Gasteiger partial charge < -0.3 is 4.90 Å². The summed E-state index contributed by atoms with van der Waals surface area (Å²) in [4.78, 5) is 15.0. The summed E-state index contributed by atoms with van der Waals surface area (Å²) in [7, 11) is 0. The SMILES string of the molecule is CC1(C)CC2CC(C)(CN2C(=O)c2ccc(CBr)cc2)C1. The van der Waals surface area contributed by atoms with Crippen LogP contribution in [0.3, 0.4) is 0 Å². The largest absolute Gasteiger partial charge is 0.335 e. The molecule has 1 saturated heterocycles. The number of amides is 1. The maximum absolute atomic E-state index is 12.9. The van der Waals surface area contributed by atoms with Gasteiger partial charge in [-0.2, -0.15) is 0 Å². The van der Waals surface area contributed by atoms with Crippen molar-refractivity contribution in [3.63, 3.8) is 0 Å². The zero-order valence-corrected chi connectivity index (χ0v) is 14.7. The van der Waals surface area contributed by atoms with Crippen molar-refractivity contribution in [3.05, 3.63) is 35.4 Å². The van der Waals surface area contributed by atoms with E-state index < -0.39 is 0 Å². The number of nitrogens with zero attached hydrogens (tertiary/aromatic N) is 1. The van der Waals surface area contributed by atoms with Crippen LogP contribution in [0.4, 0.5) is 0 Å². The molecule has 2 nitrogen and oxygen atoms in total. The Bertz CT molecular complexity index is 551. The number of carbonyl (C=O) groups excluding carboxylic acids is 1. The van der Waals surface area contributed by atoms with Gasteiger partial charge in [0.1, 0.15) is 0 Å². The van der Waals surface area contributed by atoms with Gasteiger partial charge in [-0.05, 0) is 47.8 Å². The maximum Gasteiger partial charge on any atom is 0.254 e. The summed E-state index contributed by atoms with van der Waals surface area (Å²) in [6.07, 6.45) is 3.53. The van der Waals surface area contributed by atoms with Crippen molar-refractivity contribution < 1.29 is 4.79 Å². The summed E-state index contributed by atoms with van der Waals surface area (Å²) in [6, 6.07) is 8.43. The normalized spacial score (nSPS) is 30.5. The Morgan fingerprint density at radius 3 is 2.52 bits per heavy atom. The third kappa shape index (κ3) is 2.90. The second kappa shape index (κ2) is 5.12. The van der Waals surface area contributed by atoms with Gasteiger partial charge in [0.25, 0.3) is 5.91 Å². The van der Waals surface area contributed by atoms with Crippen molar-refractivity contribution in [1.29, 1.82) is 0 Å². The van der Waals surface area contributed by atoms with E-state index in [-0.39, 0.29) is 5.91 Å². The van der Waals surface area contributed by atoms with Gasteiger partial charge in [-0.1, -0.05) is 48.8 Å². The highest BCUT2D eigenvalue weighted by atomic mass is 79.9. The summed E-state index contributed by atoms with van der Waals surface area (Å²) in [5.74, 6) is 0.211. The summed E-state index contributed by atoms with van der Waals surface area (Å²) < 4.78 is 0. The first-order chi connectivity index (χ1) is 9.82. The molecule has 1 amide bonds. The Labute approximate surface area is 136 Å². The Morgan fingerprint density at radius 2 is 1.90 bits per heavy atom. The number of hydrogen-bond acceptors (Lipinski definition) is 1. The minimum atomic E-state index is 0.211. The molecule has 1 aromatic carbocycles. The van der Waals surface area contributed by atoms with Crippen LogP contribution in [0.15, 0.2) is 24.3 Å². The molecule has 0 spiro atoms. The van der Waals surface area contributed by atoms with E-state index >= 15 is 0 Å². The van der Waals surface area contributed by atoms with Crippen LogP contribution >= 0.6 is 15.9 Å². The lowest BCUT2D eigenvalue weighted by molar-refractivity contribution is 0.0708. The predicted octanol–water partition coefficient (Wildman–Crippen LogP) is 4.62. The molecule has 3 heteroatoms. The third-order valence-corrected chi connectivity index (χ3v) is 5.68. The molecule has 1 aromatic rings. The maximum atomic E-state index is 12.9. The fourth-order valence-electron chi connectivity index (χ4n) is 4.60. The second-order valence-electron chi connectivity index (χ2n) is 7.98. The standard InChI is InChI=1S/C18H24BrNO/c1-17(2)8-15-9-18(3,11-17)12-20(15)16(21)14-6-4-13(10-19)5-7-14/h4-7,15H,8-12H2,1-3H3. The zero-order chi connectivity index (χ0) is 15.3. The fourth-order valence-corrected chi connectivity index (χ4v) is 4.97. The van der Waals surface area contributed by atoms with Crippen LogP contribution in [0.5, 0.6) is 0 Å². The van der Waals surface area contributed by atoms with Crippen molar-refractivity contribution in [2.45, 2.75) is 51.4 Å². The first-order valence-electron chi connectivity index (χ1n) is 7.78. The van der Waals surface area contributed by atoms with Crippen LogP contribution in [-0.4, -0.2) is 23.4 Å². The van der Waals surface area contributed by atoms with Crippen molar-refractivity contribution in [2.75, 3.05) is 6.54 Å². The first kappa shape index (κ1) is 15.1. The number of benzene rings is 1. The van der Waals surface area contributed by atoms with Crippen LogP contribution < -0.4 is 0 Å². The molecule has 0 N–H and O–H groups in total. The predicted molar refractivity (Wildman–Crippen MR) is 89.6 cm³/mol. The lowest BCUT2D eigenvalue weighted by Crippen LogP contribution is -2.37. The van der Waals surface area contributed by atoms with Gasteiger partial charge in [-0.3, -0.25) is 4.79 Å². The summed E-state index contributed by atoms with van der Waals surface area (Å²) in [5.41, 5.74) is 2.69. The highest BCUT2D eigenvalue weighted by Gasteiger charge is 2.50. The van der Waals surface area contributed by atoms with Gasteiger partial charge in [0.15, 0.2) is 0 Å². The molecule has 1 heterocycles. The van der Waals surface area contributed by atoms with E-state index in [9.17, 15) is 4.79 Å². The quantitative estimate of drug-likeness (QED) is 0.713. The molecule has 3 rings (SSSR count). The van der Waals surface area contributed by atoms with Crippen LogP contribution in [0.1, 0.15) is 56.0 Å². The summed E-state index contributed by atoms with van der Waals surface area (Å²) >= 11 is 3.45. The van der Waals surface area contributed by atoms with Crippen molar-refractivity contribution in [1.82, 2.24) is 4.90 Å². The fraction of sp³-hybridized carbons (Fsp3) is 0.611. The molecule has 114 valence electrons. The molecule has 2 unspecified atom stereocenters. The van der Waals surface area contributed by atoms with E-state index in [1.54, 1.807) is 0 Å². The molecule has 21 heavy (non-hydrogen) atoms. The van der Waals surface area contributed by atoms with Crippen LogP contribution in [0.25, 0.3) is 0 Å². The monoisotopic (exact) mass is 349 g/mol. The third-order valence-electron chi connectivity index (χ3n) is 5.03. The summed E-state index contributed by atoms with van der Waals surface area (Å²) in [5, 5.41) is 0.833. The zero-order valence-electron chi connectivity index (χ0n) is 13.2. The second-order valence-corrected chi connectivity index (χ2v) is 8.54. The van der Waals surface area contributed by atoms with E-state index in [1.807, 2.05) is 24.3 Å². The van der Waals surface area contributed by atoms with Gasteiger partial charge in [0.2, 0.25) is 0 Å². The number of alkyl halides is 1. The Morgan fingerprint density at radius 1 is 1.24 bits per heavy atom. The van der Waals surface area contributed by atoms with Crippen molar-refractivity contribution in [3.8, 4) is 0 Å².